The van der Waals surface area contributed by atoms with Gasteiger partial charge in [0.1, 0.15) is 5.82 Å². The summed E-state index contributed by atoms with van der Waals surface area (Å²) in [4.78, 5) is 7.07. The molecule has 0 radical (unpaired) electrons. The molecule has 0 aliphatic rings. The van der Waals surface area contributed by atoms with Crippen LogP contribution in [-0.4, -0.2) is 33.1 Å². The van der Waals surface area contributed by atoms with Crippen LogP contribution in [0.5, 0.6) is 0 Å². The van der Waals surface area contributed by atoms with Crippen molar-refractivity contribution in [1.29, 1.82) is 0 Å². The normalized spacial score (nSPS) is 13.9. The fourth-order valence-electron chi connectivity index (χ4n) is 3.46. The van der Waals surface area contributed by atoms with Crippen LogP contribution in [0.3, 0.4) is 0 Å². The van der Waals surface area contributed by atoms with E-state index in [0.29, 0.717) is 0 Å². The minimum absolute atomic E-state index is 0.00345. The highest BCUT2D eigenvalue weighted by Gasteiger charge is 2.42. The molecule has 0 amide bonds. The first kappa shape index (κ1) is 17.1. The van der Waals surface area contributed by atoms with Crippen molar-refractivity contribution in [3.63, 3.8) is 0 Å². The number of hydrazine groups is 1. The smallest absolute Gasteiger partial charge is 0.129 e. The number of imidazole rings is 1. The molecule has 0 aromatic carbocycles. The zero-order valence-corrected chi connectivity index (χ0v) is 13.7. The highest BCUT2D eigenvalue weighted by atomic mass is 15.3. The Kier molecular flexibility index (Phi) is 6.65. The van der Waals surface area contributed by atoms with Gasteiger partial charge in [0.25, 0.3) is 0 Å². The predicted octanol–water partition coefficient (Wildman–Crippen LogP) is 2.31. The number of hydrogen-bond donors (Lipinski definition) is 2. The Morgan fingerprint density at radius 1 is 1.25 bits per heavy atom. The van der Waals surface area contributed by atoms with Gasteiger partial charge in [0.05, 0.1) is 6.04 Å². The lowest BCUT2D eigenvalue weighted by atomic mass is 9.82. The molecule has 0 bridgehead atoms. The summed E-state index contributed by atoms with van der Waals surface area (Å²) in [6, 6.07) is 0.0346. The van der Waals surface area contributed by atoms with E-state index in [4.69, 9.17) is 5.84 Å². The van der Waals surface area contributed by atoms with Crippen molar-refractivity contribution in [2.24, 2.45) is 5.84 Å². The molecule has 0 fully saturated rings. The fourth-order valence-corrected chi connectivity index (χ4v) is 3.46. The largest absolute Gasteiger partial charge is 0.334 e. The van der Waals surface area contributed by atoms with Crippen LogP contribution in [0, 0.1) is 0 Å². The topological polar surface area (TPSA) is 59.1 Å². The third-order valence-corrected chi connectivity index (χ3v) is 4.67. The van der Waals surface area contributed by atoms with Crippen LogP contribution in [-0.2, 0) is 6.54 Å². The highest BCUT2D eigenvalue weighted by Crippen LogP contribution is 2.36. The molecule has 116 valence electrons. The van der Waals surface area contributed by atoms with Crippen LogP contribution in [0.4, 0.5) is 0 Å². The van der Waals surface area contributed by atoms with Crippen LogP contribution in [0.2, 0.25) is 0 Å². The number of rotatable bonds is 9. The summed E-state index contributed by atoms with van der Waals surface area (Å²) < 4.78 is 2.17. The molecule has 1 atom stereocenters. The zero-order chi connectivity index (χ0) is 15.2. The Morgan fingerprint density at radius 2 is 1.85 bits per heavy atom. The molecule has 3 N–H and O–H groups in total. The van der Waals surface area contributed by atoms with Crippen molar-refractivity contribution in [2.75, 3.05) is 13.1 Å². The van der Waals surface area contributed by atoms with E-state index in [0.717, 1.165) is 38.3 Å². The average Bonchev–Trinajstić information content (AvgIpc) is 2.95. The Hall–Kier alpha value is -0.910. The van der Waals surface area contributed by atoms with Gasteiger partial charge in [0.2, 0.25) is 0 Å². The van der Waals surface area contributed by atoms with Crippen molar-refractivity contribution in [3.05, 3.63) is 18.2 Å². The van der Waals surface area contributed by atoms with Gasteiger partial charge in [-0.25, -0.2) is 10.4 Å². The molecule has 1 rings (SSSR count). The molecule has 0 spiro atoms. The first-order valence-electron chi connectivity index (χ1n) is 7.87. The molecule has 1 unspecified atom stereocenters. The van der Waals surface area contributed by atoms with Crippen molar-refractivity contribution in [2.45, 2.75) is 65.6 Å². The van der Waals surface area contributed by atoms with Gasteiger partial charge in [-0.2, -0.15) is 0 Å². The molecule has 5 heteroatoms. The summed E-state index contributed by atoms with van der Waals surface area (Å²) in [5.41, 5.74) is 3.04. The summed E-state index contributed by atoms with van der Waals surface area (Å²) in [7, 11) is 0. The lowest BCUT2D eigenvalue weighted by Crippen LogP contribution is -2.58. The molecular weight excluding hydrogens is 250 g/mol. The second kappa shape index (κ2) is 7.76. The minimum atomic E-state index is -0.00345. The predicted molar refractivity (Wildman–Crippen MR) is 84.2 cm³/mol. The second-order valence-electron chi connectivity index (χ2n) is 5.15. The quantitative estimate of drug-likeness (QED) is 0.539. The van der Waals surface area contributed by atoms with E-state index in [9.17, 15) is 0 Å². The zero-order valence-electron chi connectivity index (χ0n) is 13.7. The molecule has 0 saturated carbocycles. The molecule has 1 aromatic rings. The van der Waals surface area contributed by atoms with Gasteiger partial charge in [-0.3, -0.25) is 10.7 Å². The third kappa shape index (κ3) is 2.90. The monoisotopic (exact) mass is 281 g/mol. The van der Waals surface area contributed by atoms with Crippen molar-refractivity contribution in [3.8, 4) is 0 Å². The van der Waals surface area contributed by atoms with Crippen LogP contribution in [0.25, 0.3) is 0 Å². The van der Waals surface area contributed by atoms with E-state index in [2.05, 4.69) is 54.5 Å². The fraction of sp³-hybridized carbons (Fsp3) is 0.800. The van der Waals surface area contributed by atoms with Gasteiger partial charge < -0.3 is 4.57 Å². The first-order chi connectivity index (χ1) is 9.64. The van der Waals surface area contributed by atoms with E-state index in [-0.39, 0.29) is 11.6 Å². The first-order valence-corrected chi connectivity index (χ1v) is 7.87. The maximum absolute atomic E-state index is 5.94. The number of nitrogens with zero attached hydrogens (tertiary/aromatic N) is 3. The molecule has 20 heavy (non-hydrogen) atoms. The molecule has 0 aliphatic heterocycles. The summed E-state index contributed by atoms with van der Waals surface area (Å²) >= 11 is 0. The maximum atomic E-state index is 5.94. The SMILES string of the molecule is CCN(CC)C(CC)(CC)C(NN)c1nccn1CC. The third-order valence-electron chi connectivity index (χ3n) is 4.67. The summed E-state index contributed by atoms with van der Waals surface area (Å²) in [6.07, 6.45) is 5.96. The van der Waals surface area contributed by atoms with Gasteiger partial charge in [-0.15, -0.1) is 0 Å². The standard InChI is InChI=1S/C15H31N5/c1-6-15(7-2,20(9-4)10-5)13(18-16)14-17-11-12-19(14)8-3/h11-13,18H,6-10,16H2,1-5H3. The Bertz CT molecular complexity index is 379. The number of likely N-dealkylation sites (N-methyl/N-ethyl adjacent to an activating group) is 1. The highest BCUT2D eigenvalue weighted by molar-refractivity contribution is 5.10. The van der Waals surface area contributed by atoms with Crippen molar-refractivity contribution < 1.29 is 0 Å². The van der Waals surface area contributed by atoms with E-state index in [1.54, 1.807) is 0 Å². The van der Waals surface area contributed by atoms with E-state index < -0.39 is 0 Å². The van der Waals surface area contributed by atoms with Gasteiger partial charge >= 0.3 is 0 Å². The number of nitrogens with two attached hydrogens (primary N) is 1. The Labute approximate surface area is 123 Å². The van der Waals surface area contributed by atoms with E-state index in [1.165, 1.54) is 0 Å². The Balaban J connectivity index is 3.28. The molecule has 1 heterocycles. The average molecular weight is 281 g/mol. The van der Waals surface area contributed by atoms with Crippen LogP contribution < -0.4 is 11.3 Å². The van der Waals surface area contributed by atoms with Crippen molar-refractivity contribution in [1.82, 2.24) is 19.9 Å². The number of aryl methyl sites for hydroxylation is 1. The lowest BCUT2D eigenvalue weighted by molar-refractivity contribution is 0.0444. The number of hydrogen-bond acceptors (Lipinski definition) is 4. The summed E-state index contributed by atoms with van der Waals surface area (Å²) in [6.45, 7) is 14.0. The lowest BCUT2D eigenvalue weighted by Gasteiger charge is -2.47. The number of aromatic nitrogens is 2. The number of nitrogens with one attached hydrogen (secondary N) is 1. The molecular formula is C15H31N5. The molecule has 0 saturated heterocycles. The second-order valence-corrected chi connectivity index (χ2v) is 5.15. The minimum Gasteiger partial charge on any atom is -0.334 e. The van der Waals surface area contributed by atoms with Gasteiger partial charge in [0.15, 0.2) is 0 Å². The van der Waals surface area contributed by atoms with Crippen LogP contribution >= 0.6 is 0 Å². The van der Waals surface area contributed by atoms with E-state index >= 15 is 0 Å². The van der Waals surface area contributed by atoms with E-state index in [1.807, 2.05) is 12.4 Å². The van der Waals surface area contributed by atoms with Crippen LogP contribution in [0.1, 0.15) is 59.3 Å². The molecule has 0 aliphatic carbocycles. The van der Waals surface area contributed by atoms with Gasteiger partial charge in [-0.05, 0) is 32.9 Å². The van der Waals surface area contributed by atoms with Crippen molar-refractivity contribution >= 4 is 0 Å². The molecule has 5 nitrogen and oxygen atoms in total. The van der Waals surface area contributed by atoms with Gasteiger partial charge in [0, 0.05) is 24.5 Å². The Morgan fingerprint density at radius 3 is 2.25 bits per heavy atom. The maximum Gasteiger partial charge on any atom is 0.129 e. The van der Waals surface area contributed by atoms with Gasteiger partial charge in [-0.1, -0.05) is 27.7 Å². The summed E-state index contributed by atoms with van der Waals surface area (Å²) in [5, 5.41) is 0. The molecule has 1 aromatic heterocycles. The summed E-state index contributed by atoms with van der Waals surface area (Å²) in [5.74, 6) is 6.97. The van der Waals surface area contributed by atoms with Crippen LogP contribution in [0.15, 0.2) is 12.4 Å².